The zero-order valence-corrected chi connectivity index (χ0v) is 8.94. The van der Waals surface area contributed by atoms with Gasteiger partial charge in [-0.2, -0.15) is 0 Å². The fraction of sp³-hybridized carbons (Fsp3) is 0. The summed E-state index contributed by atoms with van der Waals surface area (Å²) in [6.07, 6.45) is 1.84. The molecular weight excluding hydrogens is 210 g/mol. The Morgan fingerprint density at radius 2 is 2.07 bits per heavy atom. The second-order valence-electron chi connectivity index (χ2n) is 2.97. The van der Waals surface area contributed by atoms with Crippen LogP contribution in [-0.2, 0) is 0 Å². The number of thiophene rings is 2. The van der Waals surface area contributed by atoms with Crippen LogP contribution in [0.1, 0.15) is 0 Å². The van der Waals surface area contributed by atoms with E-state index in [1.54, 1.807) is 22.7 Å². The van der Waals surface area contributed by atoms with Gasteiger partial charge in [-0.1, -0.05) is 6.07 Å². The molecule has 0 bridgehead atoms. The summed E-state index contributed by atoms with van der Waals surface area (Å²) < 4.78 is 2.71. The maximum absolute atomic E-state index is 4.34. The molecule has 3 aromatic rings. The smallest absolute Gasteiger partial charge is 0.0802 e. The summed E-state index contributed by atoms with van der Waals surface area (Å²) in [7, 11) is 0. The maximum atomic E-state index is 4.34. The SMILES string of the molecule is c1ccc(-c2cc3sccc3s2)nc1. The molecule has 3 heteroatoms. The molecule has 0 radical (unpaired) electrons. The van der Waals surface area contributed by atoms with E-state index in [4.69, 9.17) is 0 Å². The van der Waals surface area contributed by atoms with E-state index >= 15 is 0 Å². The van der Waals surface area contributed by atoms with Crippen LogP contribution >= 0.6 is 22.7 Å². The molecule has 0 aliphatic rings. The molecule has 0 aliphatic heterocycles. The summed E-state index contributed by atoms with van der Waals surface area (Å²) in [5.74, 6) is 0. The quantitative estimate of drug-likeness (QED) is 0.600. The van der Waals surface area contributed by atoms with E-state index in [1.807, 2.05) is 18.3 Å². The molecule has 3 heterocycles. The predicted octanol–water partition coefficient (Wildman–Crippen LogP) is 4.02. The molecule has 0 amide bonds. The van der Waals surface area contributed by atoms with Gasteiger partial charge in [0.2, 0.25) is 0 Å². The standard InChI is InChI=1S/C11H7NS2/c1-2-5-12-8(3-1)10-7-11-9(14-10)4-6-13-11/h1-7H. The molecule has 0 N–H and O–H groups in total. The third-order valence-electron chi connectivity index (χ3n) is 2.06. The van der Waals surface area contributed by atoms with Crippen molar-refractivity contribution in [2.75, 3.05) is 0 Å². The minimum atomic E-state index is 1.07. The Bertz CT molecular complexity index is 522. The highest BCUT2D eigenvalue weighted by molar-refractivity contribution is 7.28. The van der Waals surface area contributed by atoms with Crippen LogP contribution in [0.2, 0.25) is 0 Å². The first-order chi connectivity index (χ1) is 6.93. The van der Waals surface area contributed by atoms with Crippen LogP contribution in [0, 0.1) is 0 Å². The normalized spacial score (nSPS) is 10.9. The van der Waals surface area contributed by atoms with Gasteiger partial charge >= 0.3 is 0 Å². The van der Waals surface area contributed by atoms with Crippen LogP contribution in [0.25, 0.3) is 20.0 Å². The summed E-state index contributed by atoms with van der Waals surface area (Å²) >= 11 is 3.59. The van der Waals surface area contributed by atoms with Gasteiger partial charge < -0.3 is 0 Å². The summed E-state index contributed by atoms with van der Waals surface area (Å²) in [5, 5.41) is 2.13. The number of rotatable bonds is 1. The van der Waals surface area contributed by atoms with Gasteiger partial charge in [-0.15, -0.1) is 22.7 Å². The van der Waals surface area contributed by atoms with Crippen LogP contribution in [0.15, 0.2) is 41.9 Å². The van der Waals surface area contributed by atoms with Crippen molar-refractivity contribution in [2.45, 2.75) is 0 Å². The van der Waals surface area contributed by atoms with Crippen LogP contribution in [0.5, 0.6) is 0 Å². The molecule has 3 rings (SSSR count). The average molecular weight is 217 g/mol. The highest BCUT2D eigenvalue weighted by Crippen LogP contribution is 2.35. The number of aromatic nitrogens is 1. The molecule has 0 aliphatic carbocycles. The summed E-state index contributed by atoms with van der Waals surface area (Å²) in [5.41, 5.74) is 1.07. The van der Waals surface area contributed by atoms with Crippen molar-refractivity contribution < 1.29 is 0 Å². The summed E-state index contributed by atoms with van der Waals surface area (Å²) in [4.78, 5) is 5.60. The van der Waals surface area contributed by atoms with Gasteiger partial charge in [0.25, 0.3) is 0 Å². The highest BCUT2D eigenvalue weighted by Gasteiger charge is 2.04. The molecule has 0 unspecified atom stereocenters. The maximum Gasteiger partial charge on any atom is 0.0802 e. The van der Waals surface area contributed by atoms with E-state index in [1.165, 1.54) is 14.3 Å². The van der Waals surface area contributed by atoms with Gasteiger partial charge in [0.05, 0.1) is 10.6 Å². The van der Waals surface area contributed by atoms with Gasteiger partial charge in [-0.05, 0) is 29.6 Å². The van der Waals surface area contributed by atoms with Crippen molar-refractivity contribution in [3.63, 3.8) is 0 Å². The van der Waals surface area contributed by atoms with E-state index in [0.717, 1.165) is 5.69 Å². The lowest BCUT2D eigenvalue weighted by atomic mass is 10.3. The van der Waals surface area contributed by atoms with Crippen molar-refractivity contribution >= 4 is 32.1 Å². The van der Waals surface area contributed by atoms with Crippen molar-refractivity contribution in [1.82, 2.24) is 4.98 Å². The molecule has 0 aromatic carbocycles. The van der Waals surface area contributed by atoms with Gasteiger partial charge in [-0.25, -0.2) is 0 Å². The van der Waals surface area contributed by atoms with Gasteiger partial charge in [0, 0.05) is 15.6 Å². The van der Waals surface area contributed by atoms with Crippen LogP contribution in [0.4, 0.5) is 0 Å². The van der Waals surface area contributed by atoms with Gasteiger partial charge in [0.15, 0.2) is 0 Å². The van der Waals surface area contributed by atoms with E-state index < -0.39 is 0 Å². The molecule has 0 atom stereocenters. The molecule has 0 saturated carbocycles. The summed E-state index contributed by atoms with van der Waals surface area (Å²) in [6, 6.07) is 10.4. The monoisotopic (exact) mass is 217 g/mol. The predicted molar refractivity (Wildman–Crippen MR) is 62.9 cm³/mol. The Kier molecular flexibility index (Phi) is 1.85. The second kappa shape index (κ2) is 3.19. The average Bonchev–Trinajstić information content (AvgIpc) is 2.78. The zero-order valence-electron chi connectivity index (χ0n) is 7.31. The van der Waals surface area contributed by atoms with E-state index in [-0.39, 0.29) is 0 Å². The van der Waals surface area contributed by atoms with Gasteiger partial charge in [0.1, 0.15) is 0 Å². The largest absolute Gasteiger partial charge is 0.255 e. The Morgan fingerprint density at radius 1 is 1.07 bits per heavy atom. The number of nitrogens with zero attached hydrogens (tertiary/aromatic N) is 1. The Labute approximate surface area is 89.7 Å². The number of pyridine rings is 1. The molecule has 0 saturated heterocycles. The number of fused-ring (bicyclic) bond motifs is 1. The lowest BCUT2D eigenvalue weighted by molar-refractivity contribution is 1.34. The fourth-order valence-corrected chi connectivity index (χ4v) is 3.49. The first kappa shape index (κ1) is 8.15. The topological polar surface area (TPSA) is 12.9 Å². The van der Waals surface area contributed by atoms with Crippen molar-refractivity contribution in [3.8, 4) is 10.6 Å². The molecule has 1 nitrogen and oxygen atoms in total. The second-order valence-corrected chi connectivity index (χ2v) is 5.01. The molecule has 0 spiro atoms. The fourth-order valence-electron chi connectivity index (χ4n) is 1.40. The van der Waals surface area contributed by atoms with Crippen molar-refractivity contribution in [3.05, 3.63) is 41.9 Å². The van der Waals surface area contributed by atoms with Crippen LogP contribution < -0.4 is 0 Å². The molecule has 3 aromatic heterocycles. The first-order valence-corrected chi connectivity index (χ1v) is 6.01. The summed E-state index contributed by atoms with van der Waals surface area (Å²) in [6.45, 7) is 0. The first-order valence-electron chi connectivity index (χ1n) is 4.32. The van der Waals surface area contributed by atoms with Crippen molar-refractivity contribution in [1.29, 1.82) is 0 Å². The van der Waals surface area contributed by atoms with Crippen molar-refractivity contribution in [2.24, 2.45) is 0 Å². The Balaban J connectivity index is 2.19. The minimum Gasteiger partial charge on any atom is -0.255 e. The molecular formula is C11H7NS2. The Morgan fingerprint density at radius 3 is 2.86 bits per heavy atom. The number of hydrogen-bond acceptors (Lipinski definition) is 3. The van der Waals surface area contributed by atoms with Crippen LogP contribution in [0.3, 0.4) is 0 Å². The van der Waals surface area contributed by atoms with E-state index in [2.05, 4.69) is 28.6 Å². The molecule has 68 valence electrons. The molecule has 14 heavy (non-hydrogen) atoms. The zero-order chi connectivity index (χ0) is 9.38. The third-order valence-corrected chi connectivity index (χ3v) is 4.17. The van der Waals surface area contributed by atoms with E-state index in [0.29, 0.717) is 0 Å². The number of hydrogen-bond donors (Lipinski definition) is 0. The van der Waals surface area contributed by atoms with Crippen LogP contribution in [-0.4, -0.2) is 4.98 Å². The Hall–Kier alpha value is -1.19. The lowest BCUT2D eigenvalue weighted by Gasteiger charge is -1.92. The minimum absolute atomic E-state index is 1.07. The lowest BCUT2D eigenvalue weighted by Crippen LogP contribution is -1.75. The highest BCUT2D eigenvalue weighted by atomic mass is 32.1. The third kappa shape index (κ3) is 1.25. The van der Waals surface area contributed by atoms with Gasteiger partial charge in [-0.3, -0.25) is 4.98 Å². The van der Waals surface area contributed by atoms with E-state index in [9.17, 15) is 0 Å². The molecule has 0 fully saturated rings.